The maximum atomic E-state index is 13.2. The Bertz CT molecular complexity index is 889. The number of halogens is 2. The topological polar surface area (TPSA) is 66.9 Å². The van der Waals surface area contributed by atoms with Crippen molar-refractivity contribution in [1.82, 2.24) is 9.97 Å². The van der Waals surface area contributed by atoms with Gasteiger partial charge in [-0.25, -0.2) is 9.37 Å². The quantitative estimate of drug-likeness (QED) is 0.721. The fourth-order valence-corrected chi connectivity index (χ4v) is 2.32. The van der Waals surface area contributed by atoms with Crippen LogP contribution in [0.3, 0.4) is 0 Å². The fraction of sp³-hybridized carbons (Fsp3) is 0.0556. The van der Waals surface area contributed by atoms with Crippen molar-refractivity contribution in [3.05, 3.63) is 83.0 Å². The molecule has 2 aromatic heterocycles. The van der Waals surface area contributed by atoms with Gasteiger partial charge in [0.2, 0.25) is 0 Å². The van der Waals surface area contributed by atoms with E-state index in [1.807, 2.05) is 12.1 Å². The molecule has 3 rings (SSSR count). The van der Waals surface area contributed by atoms with Gasteiger partial charge in [0, 0.05) is 36.4 Å². The fourth-order valence-electron chi connectivity index (χ4n) is 2.14. The van der Waals surface area contributed by atoms with Gasteiger partial charge in [0.1, 0.15) is 11.6 Å². The summed E-state index contributed by atoms with van der Waals surface area (Å²) in [4.78, 5) is 20.6. The molecule has 0 radical (unpaired) electrons. The molecule has 2 heterocycles. The number of pyridine rings is 2. The van der Waals surface area contributed by atoms with Crippen LogP contribution in [-0.2, 0) is 6.54 Å². The molecule has 3 aromatic rings. The van der Waals surface area contributed by atoms with E-state index >= 15 is 0 Å². The van der Waals surface area contributed by atoms with Crippen LogP contribution in [0.25, 0.3) is 0 Å². The van der Waals surface area contributed by atoms with Crippen LogP contribution < -0.4 is 10.6 Å². The molecule has 0 saturated carbocycles. The number of rotatable bonds is 5. The lowest BCUT2D eigenvalue weighted by atomic mass is 10.2. The molecule has 25 heavy (non-hydrogen) atoms. The van der Waals surface area contributed by atoms with E-state index in [2.05, 4.69) is 20.6 Å². The van der Waals surface area contributed by atoms with E-state index in [1.54, 1.807) is 24.5 Å². The molecule has 5 nitrogen and oxygen atoms in total. The standard InChI is InChI=1S/C18H14ClFN4O/c19-15-9-14(3-4-16(15)20)24-18(25)13-5-7-22-17(8-13)23-11-12-2-1-6-21-10-12/h1-10H,11H2,(H,22,23)(H,24,25). The Morgan fingerprint density at radius 2 is 2.04 bits per heavy atom. The number of anilines is 2. The van der Waals surface area contributed by atoms with Gasteiger partial charge in [0.05, 0.1) is 5.02 Å². The summed E-state index contributed by atoms with van der Waals surface area (Å²) >= 11 is 5.72. The number of aromatic nitrogens is 2. The van der Waals surface area contributed by atoms with Crippen molar-refractivity contribution >= 4 is 29.0 Å². The first-order chi connectivity index (χ1) is 12.1. The summed E-state index contributed by atoms with van der Waals surface area (Å²) in [6, 6.07) is 11.0. The van der Waals surface area contributed by atoms with Gasteiger partial charge in [-0.3, -0.25) is 9.78 Å². The average Bonchev–Trinajstić information content (AvgIpc) is 2.64. The predicted molar refractivity (Wildman–Crippen MR) is 95.2 cm³/mol. The minimum absolute atomic E-state index is 0.0497. The second-order valence-electron chi connectivity index (χ2n) is 5.23. The maximum Gasteiger partial charge on any atom is 0.255 e. The molecule has 0 fully saturated rings. The zero-order valence-corrected chi connectivity index (χ0v) is 13.8. The molecule has 0 aliphatic heterocycles. The molecular formula is C18H14ClFN4O. The number of nitrogens with zero attached hydrogens (tertiary/aromatic N) is 2. The van der Waals surface area contributed by atoms with Gasteiger partial charge in [-0.15, -0.1) is 0 Å². The Morgan fingerprint density at radius 3 is 2.80 bits per heavy atom. The van der Waals surface area contributed by atoms with Crippen molar-refractivity contribution in [1.29, 1.82) is 0 Å². The molecule has 1 amide bonds. The van der Waals surface area contributed by atoms with E-state index in [9.17, 15) is 9.18 Å². The van der Waals surface area contributed by atoms with Crippen LogP contribution in [-0.4, -0.2) is 15.9 Å². The summed E-state index contributed by atoms with van der Waals surface area (Å²) in [5.74, 6) is -0.311. The molecule has 126 valence electrons. The van der Waals surface area contributed by atoms with Crippen LogP contribution in [0, 0.1) is 5.82 Å². The third-order valence-corrected chi connectivity index (χ3v) is 3.69. The van der Waals surface area contributed by atoms with Crippen molar-refractivity contribution in [2.45, 2.75) is 6.54 Å². The van der Waals surface area contributed by atoms with Crippen LogP contribution in [0.4, 0.5) is 15.9 Å². The van der Waals surface area contributed by atoms with Crippen LogP contribution in [0.5, 0.6) is 0 Å². The summed E-state index contributed by atoms with van der Waals surface area (Å²) in [5.41, 5.74) is 1.84. The smallest absolute Gasteiger partial charge is 0.255 e. The molecule has 2 N–H and O–H groups in total. The Labute approximate surface area is 148 Å². The highest BCUT2D eigenvalue weighted by Crippen LogP contribution is 2.20. The summed E-state index contributed by atoms with van der Waals surface area (Å²) in [5, 5.41) is 5.76. The number of nitrogens with one attached hydrogen (secondary N) is 2. The van der Waals surface area contributed by atoms with Gasteiger partial charge in [0.25, 0.3) is 5.91 Å². The minimum atomic E-state index is -0.537. The van der Waals surface area contributed by atoms with Gasteiger partial charge < -0.3 is 10.6 Å². The summed E-state index contributed by atoms with van der Waals surface area (Å²) in [6.45, 7) is 0.541. The van der Waals surface area contributed by atoms with Crippen molar-refractivity contribution in [3.63, 3.8) is 0 Å². The number of carbonyl (C=O) groups excluding carboxylic acids is 1. The first-order valence-corrected chi connectivity index (χ1v) is 7.85. The lowest BCUT2D eigenvalue weighted by molar-refractivity contribution is 0.102. The second-order valence-corrected chi connectivity index (χ2v) is 5.63. The van der Waals surface area contributed by atoms with Crippen LogP contribution >= 0.6 is 11.6 Å². The number of benzene rings is 1. The third-order valence-electron chi connectivity index (χ3n) is 3.40. The number of amides is 1. The minimum Gasteiger partial charge on any atom is -0.366 e. The van der Waals surface area contributed by atoms with Gasteiger partial charge in [0.15, 0.2) is 0 Å². The molecule has 0 unspecified atom stereocenters. The second kappa shape index (κ2) is 7.72. The molecule has 0 bridgehead atoms. The predicted octanol–water partition coefficient (Wildman–Crippen LogP) is 4.13. The van der Waals surface area contributed by atoms with E-state index in [4.69, 9.17) is 11.6 Å². The highest BCUT2D eigenvalue weighted by atomic mass is 35.5. The highest BCUT2D eigenvalue weighted by Gasteiger charge is 2.09. The maximum absolute atomic E-state index is 13.2. The zero-order chi connectivity index (χ0) is 17.6. The lowest BCUT2D eigenvalue weighted by Crippen LogP contribution is -2.13. The SMILES string of the molecule is O=C(Nc1ccc(F)c(Cl)c1)c1ccnc(NCc2cccnc2)c1. The van der Waals surface area contributed by atoms with Crippen molar-refractivity contribution in [2.75, 3.05) is 10.6 Å². The summed E-state index contributed by atoms with van der Waals surface area (Å²) < 4.78 is 13.2. The van der Waals surface area contributed by atoms with Crippen LogP contribution in [0.15, 0.2) is 61.1 Å². The van der Waals surface area contributed by atoms with Gasteiger partial charge in [-0.05, 0) is 42.0 Å². The van der Waals surface area contributed by atoms with Crippen LogP contribution in [0.2, 0.25) is 5.02 Å². The monoisotopic (exact) mass is 356 g/mol. The highest BCUT2D eigenvalue weighted by molar-refractivity contribution is 6.31. The molecule has 1 aromatic carbocycles. The van der Waals surface area contributed by atoms with Gasteiger partial charge in [-0.1, -0.05) is 17.7 Å². The van der Waals surface area contributed by atoms with Gasteiger partial charge >= 0.3 is 0 Å². The van der Waals surface area contributed by atoms with Crippen LogP contribution in [0.1, 0.15) is 15.9 Å². The summed E-state index contributed by atoms with van der Waals surface area (Å²) in [7, 11) is 0. The van der Waals surface area contributed by atoms with E-state index in [-0.39, 0.29) is 10.9 Å². The number of carbonyl (C=O) groups is 1. The van der Waals surface area contributed by atoms with Gasteiger partial charge in [-0.2, -0.15) is 0 Å². The zero-order valence-electron chi connectivity index (χ0n) is 13.0. The molecule has 0 aliphatic carbocycles. The lowest BCUT2D eigenvalue weighted by Gasteiger charge is -2.09. The van der Waals surface area contributed by atoms with Crippen molar-refractivity contribution < 1.29 is 9.18 Å². The first kappa shape index (κ1) is 16.9. The third kappa shape index (κ3) is 4.51. The Morgan fingerprint density at radius 1 is 1.16 bits per heavy atom. The normalized spacial score (nSPS) is 10.3. The Balaban J connectivity index is 1.67. The Kier molecular flexibility index (Phi) is 5.20. The molecular weight excluding hydrogens is 343 g/mol. The van der Waals surface area contributed by atoms with Crippen molar-refractivity contribution in [2.24, 2.45) is 0 Å². The Hall–Kier alpha value is -2.99. The van der Waals surface area contributed by atoms with Crippen molar-refractivity contribution in [3.8, 4) is 0 Å². The molecule has 0 spiro atoms. The van der Waals surface area contributed by atoms with E-state index < -0.39 is 5.82 Å². The first-order valence-electron chi connectivity index (χ1n) is 7.47. The molecule has 7 heteroatoms. The van der Waals surface area contributed by atoms with E-state index in [0.29, 0.717) is 23.6 Å². The number of hydrogen-bond donors (Lipinski definition) is 2. The van der Waals surface area contributed by atoms with E-state index in [0.717, 1.165) is 5.56 Å². The number of hydrogen-bond acceptors (Lipinski definition) is 4. The molecule has 0 aliphatic rings. The summed E-state index contributed by atoms with van der Waals surface area (Å²) in [6.07, 6.45) is 4.99. The average molecular weight is 357 g/mol. The largest absolute Gasteiger partial charge is 0.366 e. The van der Waals surface area contributed by atoms with E-state index in [1.165, 1.54) is 24.4 Å². The molecule has 0 saturated heterocycles. The molecule has 0 atom stereocenters.